The zero-order valence-electron chi connectivity index (χ0n) is 17.7. The zero-order chi connectivity index (χ0) is 23.1. The summed E-state index contributed by atoms with van der Waals surface area (Å²) in [6.07, 6.45) is 0. The summed E-state index contributed by atoms with van der Waals surface area (Å²) < 4.78 is 41.4. The molecule has 0 spiro atoms. The van der Waals surface area contributed by atoms with Crippen molar-refractivity contribution in [3.8, 4) is 0 Å². The fourth-order valence-electron chi connectivity index (χ4n) is 2.84. The van der Waals surface area contributed by atoms with Crippen LogP contribution in [0, 0.1) is 5.82 Å². The first-order valence-electron chi connectivity index (χ1n) is 9.79. The normalized spacial score (nSPS) is 11.4. The van der Waals surface area contributed by atoms with E-state index in [9.17, 15) is 17.6 Å². The van der Waals surface area contributed by atoms with Gasteiger partial charge in [0, 0.05) is 30.4 Å². The molecular weight excluding hydrogens is 449 g/mol. The van der Waals surface area contributed by atoms with Crippen molar-refractivity contribution in [1.29, 1.82) is 0 Å². The number of halogens is 1. The number of hydrogen-bond acceptors (Lipinski definition) is 4. The number of nitrogens with zero attached hydrogens (tertiary/aromatic N) is 2. The number of thioether (sulfide) groups is 1. The predicted molar refractivity (Wildman–Crippen MR) is 127 cm³/mol. The van der Waals surface area contributed by atoms with Gasteiger partial charge < -0.3 is 5.32 Å². The number of nitrogens with one attached hydrogen (secondary N) is 1. The second-order valence-electron chi connectivity index (χ2n) is 7.10. The summed E-state index contributed by atoms with van der Waals surface area (Å²) in [6, 6.07) is 22.8. The quantitative estimate of drug-likeness (QED) is 0.469. The Hall–Kier alpha value is -2.88. The molecule has 0 fully saturated rings. The summed E-state index contributed by atoms with van der Waals surface area (Å²) in [5.41, 5.74) is 1.42. The fourth-order valence-corrected chi connectivity index (χ4v) is 4.79. The van der Waals surface area contributed by atoms with Gasteiger partial charge in [0.15, 0.2) is 0 Å². The van der Waals surface area contributed by atoms with Gasteiger partial charge in [-0.2, -0.15) is 12.7 Å². The van der Waals surface area contributed by atoms with E-state index in [0.29, 0.717) is 5.69 Å². The monoisotopic (exact) mass is 473 g/mol. The smallest absolute Gasteiger partial charge is 0.304 e. The lowest BCUT2D eigenvalue weighted by Gasteiger charge is -2.27. The third kappa shape index (κ3) is 6.09. The minimum absolute atomic E-state index is 0.190. The van der Waals surface area contributed by atoms with E-state index < -0.39 is 28.5 Å². The molecule has 6 nitrogen and oxygen atoms in total. The molecule has 1 N–H and O–H groups in total. The molecular formula is C23H24FN3O3S2. The molecule has 0 aliphatic carbocycles. The number of anilines is 2. The maximum atomic E-state index is 14.3. The number of carbonyl (C=O) groups is 1. The van der Waals surface area contributed by atoms with Crippen molar-refractivity contribution >= 4 is 39.3 Å². The van der Waals surface area contributed by atoms with E-state index in [2.05, 4.69) is 5.32 Å². The predicted octanol–water partition coefficient (Wildman–Crippen LogP) is 4.37. The molecule has 3 aromatic carbocycles. The maximum absolute atomic E-state index is 14.3. The molecule has 3 rings (SSSR count). The van der Waals surface area contributed by atoms with Crippen molar-refractivity contribution in [3.63, 3.8) is 0 Å². The van der Waals surface area contributed by atoms with E-state index in [1.807, 2.05) is 42.5 Å². The molecule has 0 radical (unpaired) electrons. The summed E-state index contributed by atoms with van der Waals surface area (Å²) >= 11 is 1.71. The summed E-state index contributed by atoms with van der Waals surface area (Å²) in [6.45, 7) is -0.562. The van der Waals surface area contributed by atoms with Gasteiger partial charge in [-0.05, 0) is 42.0 Å². The van der Waals surface area contributed by atoms with Crippen molar-refractivity contribution in [2.45, 2.75) is 10.6 Å². The van der Waals surface area contributed by atoms with Crippen molar-refractivity contribution in [1.82, 2.24) is 4.31 Å². The van der Waals surface area contributed by atoms with Crippen LogP contribution in [0.1, 0.15) is 5.56 Å². The van der Waals surface area contributed by atoms with E-state index in [-0.39, 0.29) is 5.69 Å². The van der Waals surface area contributed by atoms with Gasteiger partial charge in [-0.1, -0.05) is 42.5 Å². The van der Waals surface area contributed by atoms with Crippen LogP contribution < -0.4 is 9.62 Å². The summed E-state index contributed by atoms with van der Waals surface area (Å²) in [5.74, 6) is -0.531. The molecule has 0 unspecified atom stereocenters. The van der Waals surface area contributed by atoms with Crippen LogP contribution in [-0.4, -0.2) is 39.3 Å². The van der Waals surface area contributed by atoms with Crippen LogP contribution >= 0.6 is 11.8 Å². The number of carbonyl (C=O) groups excluding carboxylic acids is 1. The summed E-state index contributed by atoms with van der Waals surface area (Å²) in [7, 11) is -1.43. The van der Waals surface area contributed by atoms with E-state index in [1.54, 1.807) is 23.9 Å². The average Bonchev–Trinajstić information content (AvgIpc) is 2.78. The van der Waals surface area contributed by atoms with Crippen molar-refractivity contribution in [3.05, 3.63) is 90.2 Å². The minimum Gasteiger partial charge on any atom is -0.325 e. The van der Waals surface area contributed by atoms with Gasteiger partial charge >= 0.3 is 10.2 Å². The summed E-state index contributed by atoms with van der Waals surface area (Å²) in [4.78, 5) is 13.8. The highest BCUT2D eigenvalue weighted by molar-refractivity contribution is 7.98. The van der Waals surface area contributed by atoms with E-state index in [4.69, 9.17) is 0 Å². The number of rotatable bonds is 9. The molecule has 1 amide bonds. The van der Waals surface area contributed by atoms with Crippen molar-refractivity contribution in [2.75, 3.05) is 30.3 Å². The van der Waals surface area contributed by atoms with Gasteiger partial charge in [0.1, 0.15) is 12.4 Å². The highest BCUT2D eigenvalue weighted by Gasteiger charge is 2.29. The molecule has 9 heteroatoms. The van der Waals surface area contributed by atoms with Crippen LogP contribution in [-0.2, 0) is 20.8 Å². The van der Waals surface area contributed by atoms with Crippen LogP contribution in [0.25, 0.3) is 0 Å². The Morgan fingerprint density at radius 2 is 1.56 bits per heavy atom. The SMILES string of the molecule is CN(C)S(=O)(=O)N(CC(=O)Nc1ccc(CSc2ccccc2)cc1)c1ccccc1F. The van der Waals surface area contributed by atoms with Gasteiger partial charge in [0.25, 0.3) is 0 Å². The summed E-state index contributed by atoms with van der Waals surface area (Å²) in [5, 5.41) is 2.68. The number of hydrogen-bond donors (Lipinski definition) is 1. The number of para-hydroxylation sites is 1. The van der Waals surface area contributed by atoms with Crippen molar-refractivity contribution < 1.29 is 17.6 Å². The zero-order valence-corrected chi connectivity index (χ0v) is 19.4. The molecule has 3 aromatic rings. The maximum Gasteiger partial charge on any atom is 0.304 e. The third-order valence-electron chi connectivity index (χ3n) is 4.53. The first-order chi connectivity index (χ1) is 15.3. The van der Waals surface area contributed by atoms with Gasteiger partial charge in [-0.3, -0.25) is 4.79 Å². The van der Waals surface area contributed by atoms with Crippen molar-refractivity contribution in [2.24, 2.45) is 0 Å². The average molecular weight is 474 g/mol. The Morgan fingerprint density at radius 1 is 0.938 bits per heavy atom. The molecule has 0 atom stereocenters. The lowest BCUT2D eigenvalue weighted by molar-refractivity contribution is -0.114. The van der Waals surface area contributed by atoms with Gasteiger partial charge in [0.2, 0.25) is 5.91 Å². The first-order valence-corrected chi connectivity index (χ1v) is 12.2. The largest absolute Gasteiger partial charge is 0.325 e. The Labute approximate surface area is 192 Å². The molecule has 0 heterocycles. The van der Waals surface area contributed by atoms with E-state index in [1.165, 1.54) is 37.2 Å². The van der Waals surface area contributed by atoms with Gasteiger partial charge in [0.05, 0.1) is 5.69 Å². The Balaban J connectivity index is 1.67. The Morgan fingerprint density at radius 3 is 2.19 bits per heavy atom. The van der Waals surface area contributed by atoms with Gasteiger partial charge in [-0.15, -0.1) is 11.8 Å². The Bertz CT molecular complexity index is 1150. The lowest BCUT2D eigenvalue weighted by atomic mass is 10.2. The lowest BCUT2D eigenvalue weighted by Crippen LogP contribution is -2.44. The van der Waals surface area contributed by atoms with Crippen LogP contribution in [0.5, 0.6) is 0 Å². The fraction of sp³-hybridized carbons (Fsp3) is 0.174. The molecule has 168 valence electrons. The Kier molecular flexibility index (Phi) is 7.89. The van der Waals surface area contributed by atoms with Crippen LogP contribution in [0.4, 0.5) is 15.8 Å². The highest BCUT2D eigenvalue weighted by Crippen LogP contribution is 2.24. The molecule has 0 saturated heterocycles. The topological polar surface area (TPSA) is 69.7 Å². The standard InChI is InChI=1S/C23H24FN3O3S2/c1-26(2)32(29,30)27(22-11-7-6-10-21(22)24)16-23(28)25-19-14-12-18(13-15-19)17-31-20-8-4-3-5-9-20/h3-15H,16-17H2,1-2H3,(H,25,28). The van der Waals surface area contributed by atoms with Crippen LogP contribution in [0.15, 0.2) is 83.8 Å². The molecule has 32 heavy (non-hydrogen) atoms. The molecule has 0 saturated carbocycles. The molecule has 0 aliphatic heterocycles. The van der Waals surface area contributed by atoms with E-state index >= 15 is 0 Å². The molecule has 0 bridgehead atoms. The minimum atomic E-state index is -4.08. The number of amides is 1. The van der Waals surface area contributed by atoms with Gasteiger partial charge in [-0.25, -0.2) is 8.70 Å². The van der Waals surface area contributed by atoms with Crippen LogP contribution in [0.3, 0.4) is 0 Å². The molecule has 0 aromatic heterocycles. The molecule has 0 aliphatic rings. The first kappa shape index (κ1) is 23.8. The second-order valence-corrected chi connectivity index (χ2v) is 10.2. The second kappa shape index (κ2) is 10.6. The highest BCUT2D eigenvalue weighted by atomic mass is 32.2. The van der Waals surface area contributed by atoms with E-state index in [0.717, 1.165) is 26.0 Å². The number of benzene rings is 3. The van der Waals surface area contributed by atoms with Crippen LogP contribution in [0.2, 0.25) is 0 Å². The third-order valence-corrected chi connectivity index (χ3v) is 7.42.